The second-order valence-electron chi connectivity index (χ2n) is 5.74. The summed E-state index contributed by atoms with van der Waals surface area (Å²) in [6.07, 6.45) is 1.54. The van der Waals surface area contributed by atoms with Gasteiger partial charge in [0.15, 0.2) is 0 Å². The maximum absolute atomic E-state index is 12.9. The molecule has 0 amide bonds. The molecule has 1 heterocycles. The van der Waals surface area contributed by atoms with Crippen LogP contribution >= 0.6 is 0 Å². The SMILES string of the molecule is C[Si](C)(C)C#CCCc1cc(-c2ccc(F)cc2)no1. The number of rotatable bonds is 3. The lowest BCUT2D eigenvalue weighted by molar-refractivity contribution is 0.386. The van der Waals surface area contributed by atoms with Gasteiger partial charge >= 0.3 is 0 Å². The normalized spacial score (nSPS) is 11.0. The van der Waals surface area contributed by atoms with Gasteiger partial charge in [0.1, 0.15) is 25.3 Å². The zero-order valence-corrected chi connectivity index (χ0v) is 13.0. The standard InChI is InChI=1S/C16H18FNOSi/c1-20(2,3)11-5-4-6-15-12-16(18-19-15)13-7-9-14(17)10-8-13/h7-10,12H,4,6H2,1-3H3. The zero-order chi connectivity index (χ0) is 14.6. The number of aryl methyl sites for hydroxylation is 1. The number of halogens is 1. The van der Waals surface area contributed by atoms with Gasteiger partial charge in [0.05, 0.1) is 0 Å². The van der Waals surface area contributed by atoms with E-state index in [4.69, 9.17) is 4.52 Å². The summed E-state index contributed by atoms with van der Waals surface area (Å²) in [6.45, 7) is 6.67. The van der Waals surface area contributed by atoms with Gasteiger partial charge in [-0.15, -0.1) is 11.5 Å². The fourth-order valence-corrected chi connectivity index (χ4v) is 2.36. The zero-order valence-electron chi connectivity index (χ0n) is 12.0. The molecule has 0 spiro atoms. The number of hydrogen-bond acceptors (Lipinski definition) is 2. The van der Waals surface area contributed by atoms with E-state index >= 15 is 0 Å². The fraction of sp³-hybridized carbons (Fsp3) is 0.312. The van der Waals surface area contributed by atoms with Crippen LogP contribution in [0.4, 0.5) is 4.39 Å². The van der Waals surface area contributed by atoms with Crippen molar-refractivity contribution in [2.24, 2.45) is 0 Å². The molecule has 20 heavy (non-hydrogen) atoms. The van der Waals surface area contributed by atoms with E-state index in [1.54, 1.807) is 12.1 Å². The second-order valence-corrected chi connectivity index (χ2v) is 10.5. The molecule has 104 valence electrons. The highest BCUT2D eigenvalue weighted by atomic mass is 28.3. The van der Waals surface area contributed by atoms with Gasteiger partial charge in [-0.2, -0.15) is 0 Å². The minimum atomic E-state index is -1.29. The molecule has 4 heteroatoms. The summed E-state index contributed by atoms with van der Waals surface area (Å²) in [4.78, 5) is 0. The Balaban J connectivity index is 1.99. The Kier molecular flexibility index (Phi) is 4.41. The minimum absolute atomic E-state index is 0.251. The summed E-state index contributed by atoms with van der Waals surface area (Å²) in [5.74, 6) is 3.77. The van der Waals surface area contributed by atoms with Crippen LogP contribution in [0.25, 0.3) is 11.3 Å². The molecule has 0 fully saturated rings. The first-order valence-corrected chi connectivity index (χ1v) is 10.2. The summed E-state index contributed by atoms with van der Waals surface area (Å²) >= 11 is 0. The van der Waals surface area contributed by atoms with Crippen LogP contribution in [0.15, 0.2) is 34.9 Å². The van der Waals surface area contributed by atoms with Gasteiger partial charge in [-0.25, -0.2) is 4.39 Å². The van der Waals surface area contributed by atoms with Gasteiger partial charge in [-0.1, -0.05) is 24.8 Å². The summed E-state index contributed by atoms with van der Waals surface area (Å²) in [6, 6.07) is 8.12. The van der Waals surface area contributed by atoms with Crippen LogP contribution in [0, 0.1) is 17.3 Å². The van der Waals surface area contributed by atoms with Crippen molar-refractivity contribution in [2.75, 3.05) is 0 Å². The van der Waals surface area contributed by atoms with Crippen LogP contribution < -0.4 is 0 Å². The fourth-order valence-electron chi connectivity index (χ4n) is 1.70. The van der Waals surface area contributed by atoms with Crippen molar-refractivity contribution in [3.8, 4) is 22.7 Å². The highest BCUT2D eigenvalue weighted by Crippen LogP contribution is 2.20. The van der Waals surface area contributed by atoms with Gasteiger partial charge in [0.2, 0.25) is 0 Å². The third-order valence-electron chi connectivity index (χ3n) is 2.66. The molecule has 2 nitrogen and oxygen atoms in total. The molecule has 0 aliphatic heterocycles. The summed E-state index contributed by atoms with van der Waals surface area (Å²) in [5, 5.41) is 4.01. The Bertz CT molecular complexity index is 629. The Hall–Kier alpha value is -1.86. The maximum Gasteiger partial charge on any atom is 0.138 e. The van der Waals surface area contributed by atoms with Crippen LogP contribution in [-0.2, 0) is 6.42 Å². The van der Waals surface area contributed by atoms with Crippen LogP contribution in [0.1, 0.15) is 12.2 Å². The molecular formula is C16H18FNOSi. The smallest absolute Gasteiger partial charge is 0.138 e. The van der Waals surface area contributed by atoms with Crippen molar-refractivity contribution in [1.82, 2.24) is 5.16 Å². The van der Waals surface area contributed by atoms with Crippen molar-refractivity contribution in [3.63, 3.8) is 0 Å². The lowest BCUT2D eigenvalue weighted by Crippen LogP contribution is -2.16. The molecule has 2 aromatic rings. The number of nitrogens with zero attached hydrogens (tertiary/aromatic N) is 1. The second kappa shape index (κ2) is 6.06. The summed E-state index contributed by atoms with van der Waals surface area (Å²) in [5.41, 5.74) is 4.91. The van der Waals surface area contributed by atoms with Crippen LogP contribution in [0.3, 0.4) is 0 Å². The third kappa shape index (κ3) is 4.36. The highest BCUT2D eigenvalue weighted by Gasteiger charge is 2.08. The topological polar surface area (TPSA) is 26.0 Å². The van der Waals surface area contributed by atoms with E-state index in [1.807, 2.05) is 6.07 Å². The van der Waals surface area contributed by atoms with Crippen LogP contribution in [0.2, 0.25) is 19.6 Å². The Morgan fingerprint density at radius 3 is 2.55 bits per heavy atom. The predicted octanol–water partition coefficient (Wildman–Crippen LogP) is 4.29. The van der Waals surface area contributed by atoms with Crippen molar-refractivity contribution in [2.45, 2.75) is 32.5 Å². The van der Waals surface area contributed by atoms with Gasteiger partial charge in [0, 0.05) is 24.5 Å². The average molecular weight is 287 g/mol. The number of hydrogen-bond donors (Lipinski definition) is 0. The van der Waals surface area contributed by atoms with E-state index in [9.17, 15) is 4.39 Å². The molecule has 1 aromatic heterocycles. The molecule has 0 saturated carbocycles. The molecule has 0 unspecified atom stereocenters. The first-order valence-electron chi connectivity index (χ1n) is 6.66. The van der Waals surface area contributed by atoms with E-state index in [0.29, 0.717) is 0 Å². The first kappa shape index (κ1) is 14.5. The maximum atomic E-state index is 12.9. The number of benzene rings is 1. The Morgan fingerprint density at radius 2 is 1.90 bits per heavy atom. The van der Waals surface area contributed by atoms with E-state index in [0.717, 1.165) is 29.9 Å². The average Bonchev–Trinajstić information content (AvgIpc) is 2.83. The van der Waals surface area contributed by atoms with E-state index < -0.39 is 8.07 Å². The summed E-state index contributed by atoms with van der Waals surface area (Å²) < 4.78 is 18.1. The van der Waals surface area contributed by atoms with Gasteiger partial charge in [-0.05, 0) is 24.3 Å². The molecule has 2 rings (SSSR count). The first-order chi connectivity index (χ1) is 9.44. The quantitative estimate of drug-likeness (QED) is 0.621. The minimum Gasteiger partial charge on any atom is -0.361 e. The molecule has 0 aliphatic carbocycles. The molecule has 0 aliphatic rings. The Morgan fingerprint density at radius 1 is 1.20 bits per heavy atom. The molecule has 0 atom stereocenters. The van der Waals surface area contributed by atoms with Crippen molar-refractivity contribution >= 4 is 8.07 Å². The lowest BCUT2D eigenvalue weighted by Gasteiger charge is -2.02. The Labute approximate surface area is 120 Å². The lowest BCUT2D eigenvalue weighted by atomic mass is 10.1. The van der Waals surface area contributed by atoms with Gasteiger partial charge in [-0.3, -0.25) is 0 Å². The van der Waals surface area contributed by atoms with E-state index in [1.165, 1.54) is 12.1 Å². The van der Waals surface area contributed by atoms with Crippen molar-refractivity contribution in [3.05, 3.63) is 41.9 Å². The predicted molar refractivity (Wildman–Crippen MR) is 81.3 cm³/mol. The van der Waals surface area contributed by atoms with Crippen LogP contribution in [0.5, 0.6) is 0 Å². The largest absolute Gasteiger partial charge is 0.361 e. The molecule has 0 saturated heterocycles. The highest BCUT2D eigenvalue weighted by molar-refractivity contribution is 6.83. The van der Waals surface area contributed by atoms with E-state index in [2.05, 4.69) is 36.3 Å². The molecular weight excluding hydrogens is 269 g/mol. The van der Waals surface area contributed by atoms with Crippen molar-refractivity contribution < 1.29 is 8.91 Å². The van der Waals surface area contributed by atoms with Crippen LogP contribution in [-0.4, -0.2) is 13.2 Å². The molecule has 0 N–H and O–H groups in total. The molecule has 0 radical (unpaired) electrons. The molecule has 0 bridgehead atoms. The monoisotopic (exact) mass is 287 g/mol. The third-order valence-corrected chi connectivity index (χ3v) is 3.59. The molecule has 1 aromatic carbocycles. The number of aromatic nitrogens is 1. The summed E-state index contributed by atoms with van der Waals surface area (Å²) in [7, 11) is -1.29. The van der Waals surface area contributed by atoms with Gasteiger partial charge in [0.25, 0.3) is 0 Å². The van der Waals surface area contributed by atoms with Crippen molar-refractivity contribution in [1.29, 1.82) is 0 Å². The van der Waals surface area contributed by atoms with E-state index in [-0.39, 0.29) is 5.82 Å². The van der Waals surface area contributed by atoms with Gasteiger partial charge < -0.3 is 4.52 Å².